The van der Waals surface area contributed by atoms with E-state index in [1.54, 1.807) is 19.2 Å². The molecule has 1 aliphatic rings. The first-order valence-electron chi connectivity index (χ1n) is 7.33. The predicted molar refractivity (Wildman–Crippen MR) is 82.9 cm³/mol. The van der Waals surface area contributed by atoms with Crippen molar-refractivity contribution in [1.29, 1.82) is 0 Å². The number of rotatable bonds is 4. The van der Waals surface area contributed by atoms with Crippen molar-refractivity contribution >= 4 is 11.6 Å². The highest BCUT2D eigenvalue weighted by Gasteiger charge is 2.29. The lowest BCUT2D eigenvalue weighted by Crippen LogP contribution is -2.47. The van der Waals surface area contributed by atoms with Crippen molar-refractivity contribution in [1.82, 2.24) is 5.32 Å². The fraction of sp³-hybridized carbons (Fsp3) is 0.562. The SMILES string of the molecule is COc1cc(OC)c(N)c(C(=O)NC2(C)CCCCC2)c1. The molecule has 1 aromatic rings. The smallest absolute Gasteiger partial charge is 0.254 e. The lowest BCUT2D eigenvalue weighted by Gasteiger charge is -2.34. The number of nitrogens with one attached hydrogen (secondary N) is 1. The van der Waals surface area contributed by atoms with Gasteiger partial charge in [-0.1, -0.05) is 19.3 Å². The number of anilines is 1. The Kier molecular flexibility index (Phi) is 4.60. The van der Waals surface area contributed by atoms with E-state index in [1.807, 2.05) is 0 Å². The number of methoxy groups -OCH3 is 2. The number of hydrogen-bond donors (Lipinski definition) is 2. The monoisotopic (exact) mass is 292 g/mol. The minimum atomic E-state index is -0.172. The summed E-state index contributed by atoms with van der Waals surface area (Å²) in [7, 11) is 3.07. The van der Waals surface area contributed by atoms with Gasteiger partial charge in [0.1, 0.15) is 11.5 Å². The first-order chi connectivity index (χ1) is 9.99. The zero-order valence-electron chi connectivity index (χ0n) is 13.0. The van der Waals surface area contributed by atoms with Crippen molar-refractivity contribution in [2.24, 2.45) is 0 Å². The third-order valence-corrected chi connectivity index (χ3v) is 4.19. The van der Waals surface area contributed by atoms with Gasteiger partial charge in [-0.25, -0.2) is 0 Å². The van der Waals surface area contributed by atoms with Gasteiger partial charge in [0.15, 0.2) is 0 Å². The highest BCUT2D eigenvalue weighted by atomic mass is 16.5. The zero-order chi connectivity index (χ0) is 15.5. The van der Waals surface area contributed by atoms with Gasteiger partial charge in [-0.3, -0.25) is 4.79 Å². The van der Waals surface area contributed by atoms with Gasteiger partial charge in [-0.15, -0.1) is 0 Å². The number of ether oxygens (including phenoxy) is 2. The molecule has 0 aromatic heterocycles. The fourth-order valence-electron chi connectivity index (χ4n) is 2.87. The van der Waals surface area contributed by atoms with Gasteiger partial charge in [0, 0.05) is 11.6 Å². The molecular weight excluding hydrogens is 268 g/mol. The molecule has 21 heavy (non-hydrogen) atoms. The van der Waals surface area contributed by atoms with Crippen LogP contribution in [0.2, 0.25) is 0 Å². The molecule has 0 aliphatic heterocycles. The van der Waals surface area contributed by atoms with E-state index in [0.717, 1.165) is 25.7 Å². The third kappa shape index (κ3) is 3.40. The van der Waals surface area contributed by atoms with Gasteiger partial charge in [-0.2, -0.15) is 0 Å². The Hall–Kier alpha value is -1.91. The van der Waals surface area contributed by atoms with Crippen LogP contribution >= 0.6 is 0 Å². The molecule has 0 saturated heterocycles. The Balaban J connectivity index is 2.25. The van der Waals surface area contributed by atoms with Crippen molar-refractivity contribution in [2.75, 3.05) is 20.0 Å². The number of nitrogens with two attached hydrogens (primary N) is 1. The summed E-state index contributed by atoms with van der Waals surface area (Å²) in [6.07, 6.45) is 5.53. The average molecular weight is 292 g/mol. The number of nitrogen functional groups attached to an aromatic ring is 1. The third-order valence-electron chi connectivity index (χ3n) is 4.19. The summed E-state index contributed by atoms with van der Waals surface area (Å²) in [4.78, 5) is 12.6. The van der Waals surface area contributed by atoms with Crippen LogP contribution in [0.1, 0.15) is 49.4 Å². The summed E-state index contributed by atoms with van der Waals surface area (Å²) in [6.45, 7) is 2.09. The van der Waals surface area contributed by atoms with Crippen LogP contribution < -0.4 is 20.5 Å². The van der Waals surface area contributed by atoms with Gasteiger partial charge in [0.05, 0.1) is 25.5 Å². The van der Waals surface area contributed by atoms with Crippen molar-refractivity contribution in [3.63, 3.8) is 0 Å². The fourth-order valence-corrected chi connectivity index (χ4v) is 2.87. The second-order valence-electron chi connectivity index (χ2n) is 5.87. The molecule has 5 nitrogen and oxygen atoms in total. The molecule has 2 rings (SSSR count). The van der Waals surface area contributed by atoms with E-state index in [4.69, 9.17) is 15.2 Å². The number of benzene rings is 1. The van der Waals surface area contributed by atoms with E-state index in [2.05, 4.69) is 12.2 Å². The van der Waals surface area contributed by atoms with Crippen molar-refractivity contribution in [3.8, 4) is 11.5 Å². The van der Waals surface area contributed by atoms with Crippen molar-refractivity contribution in [3.05, 3.63) is 17.7 Å². The Morgan fingerprint density at radius 1 is 1.19 bits per heavy atom. The molecule has 0 unspecified atom stereocenters. The number of carbonyl (C=O) groups is 1. The summed E-state index contributed by atoms with van der Waals surface area (Å²) in [6, 6.07) is 3.33. The molecule has 1 aliphatic carbocycles. The van der Waals surface area contributed by atoms with Crippen molar-refractivity contribution < 1.29 is 14.3 Å². The number of hydrogen-bond acceptors (Lipinski definition) is 4. The molecule has 5 heteroatoms. The Labute approximate surface area is 125 Å². The lowest BCUT2D eigenvalue weighted by atomic mass is 9.83. The van der Waals surface area contributed by atoms with Crippen LogP contribution in [0.3, 0.4) is 0 Å². The molecule has 0 atom stereocenters. The first kappa shape index (κ1) is 15.5. The molecule has 3 N–H and O–H groups in total. The summed E-state index contributed by atoms with van der Waals surface area (Å²) in [5.41, 5.74) is 6.61. The molecule has 1 fully saturated rings. The van der Waals surface area contributed by atoms with Gasteiger partial charge in [0.2, 0.25) is 0 Å². The lowest BCUT2D eigenvalue weighted by molar-refractivity contribution is 0.0883. The van der Waals surface area contributed by atoms with Crippen LogP contribution in [0.4, 0.5) is 5.69 Å². The van der Waals surface area contributed by atoms with Gasteiger partial charge in [0.25, 0.3) is 5.91 Å². The maximum absolute atomic E-state index is 12.6. The largest absolute Gasteiger partial charge is 0.497 e. The summed E-state index contributed by atoms with van der Waals surface area (Å²) in [5, 5.41) is 3.12. The first-order valence-corrected chi connectivity index (χ1v) is 7.33. The summed E-state index contributed by atoms with van der Waals surface area (Å²) in [5.74, 6) is 0.836. The summed E-state index contributed by atoms with van der Waals surface area (Å²) < 4.78 is 10.4. The van der Waals surface area contributed by atoms with E-state index in [9.17, 15) is 4.79 Å². The predicted octanol–water partition coefficient (Wildman–Crippen LogP) is 2.74. The maximum Gasteiger partial charge on any atom is 0.254 e. The molecule has 0 heterocycles. The van der Waals surface area contributed by atoms with E-state index in [1.165, 1.54) is 13.5 Å². The second kappa shape index (κ2) is 6.24. The quantitative estimate of drug-likeness (QED) is 0.837. The molecule has 1 aromatic carbocycles. The maximum atomic E-state index is 12.6. The summed E-state index contributed by atoms with van der Waals surface area (Å²) >= 11 is 0. The zero-order valence-corrected chi connectivity index (χ0v) is 13.0. The van der Waals surface area contributed by atoms with E-state index < -0.39 is 0 Å². The van der Waals surface area contributed by atoms with Gasteiger partial charge in [-0.05, 0) is 25.8 Å². The highest BCUT2D eigenvalue weighted by molar-refractivity contribution is 6.01. The minimum absolute atomic E-state index is 0.155. The molecule has 1 amide bonds. The molecule has 0 bridgehead atoms. The van der Waals surface area contributed by atoms with Crippen LogP contribution in [0, 0.1) is 0 Å². The molecule has 0 spiro atoms. The van der Waals surface area contributed by atoms with Gasteiger partial charge < -0.3 is 20.5 Å². The van der Waals surface area contributed by atoms with Crippen molar-refractivity contribution in [2.45, 2.75) is 44.6 Å². The van der Waals surface area contributed by atoms with Crippen LogP contribution in [0.15, 0.2) is 12.1 Å². The van der Waals surface area contributed by atoms with Crippen LogP contribution in [-0.2, 0) is 0 Å². The van der Waals surface area contributed by atoms with E-state index in [-0.39, 0.29) is 11.4 Å². The highest BCUT2D eigenvalue weighted by Crippen LogP contribution is 2.33. The Morgan fingerprint density at radius 3 is 2.43 bits per heavy atom. The average Bonchev–Trinajstić information content (AvgIpc) is 2.47. The molecule has 0 radical (unpaired) electrons. The normalized spacial score (nSPS) is 17.1. The standard InChI is InChI=1S/C16H24N2O3/c1-16(7-5-4-6-8-16)18-15(19)12-9-11(20-2)10-13(21-3)14(12)17/h9-10H,4-8,17H2,1-3H3,(H,18,19). The van der Waals surface area contributed by atoms with Gasteiger partial charge >= 0.3 is 0 Å². The minimum Gasteiger partial charge on any atom is -0.497 e. The topological polar surface area (TPSA) is 73.6 Å². The molecule has 1 saturated carbocycles. The van der Waals surface area contributed by atoms with E-state index in [0.29, 0.717) is 22.7 Å². The van der Waals surface area contributed by atoms with E-state index >= 15 is 0 Å². The molecular formula is C16H24N2O3. The number of carbonyl (C=O) groups excluding carboxylic acids is 1. The Morgan fingerprint density at radius 2 is 1.86 bits per heavy atom. The van der Waals surface area contributed by atoms with Crippen LogP contribution in [-0.4, -0.2) is 25.7 Å². The molecule has 116 valence electrons. The Bertz CT molecular complexity index is 522. The van der Waals surface area contributed by atoms with Crippen LogP contribution in [0.25, 0.3) is 0 Å². The van der Waals surface area contributed by atoms with Crippen LogP contribution in [0.5, 0.6) is 11.5 Å². The second-order valence-corrected chi connectivity index (χ2v) is 5.87. The number of amides is 1.